The Morgan fingerprint density at radius 2 is 0.938 bits per heavy atom. The predicted octanol–water partition coefficient (Wildman–Crippen LogP) is -17.6. The quantitative estimate of drug-likeness (QED) is 0.0189. The Labute approximate surface area is 729 Å². The smallest absolute Gasteiger partial charge is 0.394 e. The highest BCUT2D eigenvalue weighted by atomic mass is 35.5. The zero-order valence-corrected chi connectivity index (χ0v) is 71.0. The molecule has 0 spiro atoms. The Bertz CT molecular complexity index is 4390. The van der Waals surface area contributed by atoms with E-state index in [9.17, 15) is 121 Å². The van der Waals surface area contributed by atoms with E-state index in [1.807, 2.05) is 0 Å². The van der Waals surface area contributed by atoms with E-state index in [1.54, 1.807) is 0 Å². The maximum Gasteiger partial charge on any atom is 0.394 e. The molecule has 1 aromatic rings. The highest BCUT2D eigenvalue weighted by Crippen LogP contribution is 2.59. The number of aliphatic hydroxyl groups is 18. The third-order valence-corrected chi connectivity index (χ3v) is 22.2. The van der Waals surface area contributed by atoms with Gasteiger partial charge in [0.05, 0.1) is 66.8 Å². The van der Waals surface area contributed by atoms with Gasteiger partial charge in [-0.05, 0) is 67.5 Å². The van der Waals surface area contributed by atoms with Crippen molar-refractivity contribution >= 4 is 102 Å². The molecule has 4 heterocycles. The summed E-state index contributed by atoms with van der Waals surface area (Å²) in [5, 5.41) is 228. The van der Waals surface area contributed by atoms with Crippen LogP contribution in [0.1, 0.15) is 38.3 Å². The Morgan fingerprint density at radius 3 is 1.24 bits per heavy atom. The first-order valence-corrected chi connectivity index (χ1v) is 41.5. The fourth-order valence-corrected chi connectivity index (χ4v) is 16.2. The first kappa shape index (κ1) is 111. The van der Waals surface area contributed by atoms with Gasteiger partial charge >= 0.3 is 31.2 Å². The number of aldehydes is 2. The van der Waals surface area contributed by atoms with Crippen LogP contribution in [0.3, 0.4) is 0 Å². The van der Waals surface area contributed by atoms with Crippen LogP contribution in [0.25, 0.3) is 5.76 Å². The van der Waals surface area contributed by atoms with Crippen molar-refractivity contribution in [1.29, 1.82) is 10.8 Å². The number of benzene rings is 1. The van der Waals surface area contributed by atoms with Gasteiger partial charge in [-0.3, -0.25) is 67.0 Å². The number of phenols is 1. The molecule has 0 radical (unpaired) electrons. The number of aromatic hydroxyl groups is 1. The van der Waals surface area contributed by atoms with Crippen molar-refractivity contribution in [2.24, 2.45) is 62.0 Å². The Hall–Kier alpha value is -7.85. The lowest BCUT2D eigenvalue weighted by molar-refractivity contribution is -0.314. The van der Waals surface area contributed by atoms with Gasteiger partial charge in [0.2, 0.25) is 5.78 Å². The SMILES string of the molecule is CN(C)C1C(=O)C(C(N)=O)=C(O)C2(O)C(=O)C3=C(O)c4c(O)ccc(Cl)c4C(C)(O)C3CC12.CNC1C(OC2C(OC3C(O)C(O)C(N=C(N)N)C(O)C3NC(=N)N)OC(C)C2(O)C=O)OC(CO)C(O)C1O.CNC1C(OC2C(OC3C(O)C(O)C(N=C(N)N)C(O)C3NC(=N)N)OC(C)C2(O)C=O)OC(CO)C(O)C1O.O=S(=O)(O)O.O=S(=O)(O)O.O=S(=O)(O)O. The number of amides is 1. The van der Waals surface area contributed by atoms with Crippen molar-refractivity contribution in [3.63, 3.8) is 0 Å². The number of guanidine groups is 4. The van der Waals surface area contributed by atoms with Crippen LogP contribution in [0.5, 0.6) is 5.75 Å². The number of primary amides is 1. The van der Waals surface area contributed by atoms with Crippen molar-refractivity contribution in [2.75, 3.05) is 41.4 Å². The molecule has 128 heavy (non-hydrogen) atoms. The summed E-state index contributed by atoms with van der Waals surface area (Å²) in [5.74, 6) is -10.6. The van der Waals surface area contributed by atoms with Gasteiger partial charge < -0.3 is 196 Å². The Morgan fingerprint density at radius 1 is 0.578 bits per heavy atom. The molecule has 35 atom stereocenters. The number of aliphatic hydroxyl groups excluding tert-OH is 14. The van der Waals surface area contributed by atoms with E-state index in [1.165, 1.54) is 66.0 Å². The third kappa shape index (κ3) is 24.5. The number of aliphatic imine (C=N–C) groups is 2. The number of Topliss-reactive ketones (excluding diaryl/α,β-unsaturated/α-hetero) is 2. The molecule has 10 rings (SSSR count). The van der Waals surface area contributed by atoms with Gasteiger partial charge in [0.15, 0.2) is 84.2 Å². The molecule has 60 nitrogen and oxygen atoms in total. The number of ether oxygens (including phenoxy) is 8. The average Bonchev–Trinajstić information content (AvgIpc) is 0.865. The second kappa shape index (κ2) is 43.2. The van der Waals surface area contributed by atoms with E-state index < -0.39 is 326 Å². The number of nitrogens with one attached hydrogen (secondary N) is 6. The minimum absolute atomic E-state index is 0.0187. The standard InChI is InChI=1S/C22H23ClN2O8.2C21H39N7O12.3H2O4S/c1-21(32)7-6-8-15(25(2)3)17(28)13(20(24)31)19(30)22(8,33)18(29)11(7)16(27)12-10(26)5-4-9(23)14(12)21;2*1-5-21(36,4-30)16(40-17-9(26-2)13(34)10(31)6(3-29)38-17)18(37-5)39-15-8(28-20(24)25)11(32)7(27-19(22)23)12(33)14(15)35;3*1-5(2,3)4/h4-5,7-8,15,26-27,30,32-33H,6H2,1-3H3,(H2,24,31);2*4-18,26,29,31-36H,3H2,1-2H3,(H4,22,23,27)(H4,24,25,28);3*(H2,1,2,3,4). The number of fused-ring (bicyclic) bond motifs is 3. The van der Waals surface area contributed by atoms with Gasteiger partial charge in [-0.2, -0.15) is 25.3 Å². The first-order valence-electron chi connectivity index (χ1n) is 37.0. The number of carbonyl (C=O) groups excluding carboxylic acids is 5. The lowest BCUT2D eigenvalue weighted by Crippen LogP contribution is -2.70. The van der Waals surface area contributed by atoms with E-state index in [2.05, 4.69) is 31.3 Å². The number of hydrogen-bond acceptors (Lipinski definition) is 45. The molecule has 1 aromatic carbocycles. The van der Waals surface area contributed by atoms with E-state index in [-0.39, 0.29) is 35.1 Å². The number of hydrogen-bond donors (Lipinski definition) is 38. The molecule has 0 aromatic heterocycles. The van der Waals surface area contributed by atoms with Crippen molar-refractivity contribution in [3.05, 3.63) is 45.2 Å². The van der Waals surface area contributed by atoms with Crippen molar-refractivity contribution in [1.82, 2.24) is 26.2 Å². The van der Waals surface area contributed by atoms with Crippen LogP contribution in [0, 0.1) is 22.7 Å². The number of ketones is 2. The number of carbonyl (C=O) groups is 5. The number of nitrogens with zero attached hydrogens (tertiary/aromatic N) is 3. The second-order valence-electron chi connectivity index (χ2n) is 30.3. The molecule has 732 valence electrons. The summed E-state index contributed by atoms with van der Waals surface area (Å²) in [6, 6.07) is -6.79. The summed E-state index contributed by atoms with van der Waals surface area (Å²) < 4.78 is 141. The molecular formula is C64H107ClN16O44S3. The van der Waals surface area contributed by atoms with Crippen LogP contribution in [0.15, 0.2) is 39.0 Å². The maximum atomic E-state index is 13.7. The molecule has 9 aliphatic rings. The van der Waals surface area contributed by atoms with Crippen LogP contribution in [-0.4, -0.2) is 444 Å². The number of rotatable bonds is 20. The summed E-state index contributed by atoms with van der Waals surface area (Å²) in [4.78, 5) is 71.7. The molecular weight excluding hydrogens is 1830 g/mol. The lowest BCUT2D eigenvalue weighted by Gasteiger charge is -2.53. The minimum atomic E-state index is -4.67. The number of likely N-dealkylation sites (N-methyl/N-ethyl adjacent to an activating group) is 3. The maximum absolute atomic E-state index is 13.7. The molecule has 1 amide bonds. The third-order valence-electron chi connectivity index (χ3n) is 21.9. The molecule has 35 unspecified atom stereocenters. The molecule has 64 heteroatoms. The lowest BCUT2D eigenvalue weighted by atomic mass is 9.54. The van der Waals surface area contributed by atoms with Crippen LogP contribution in [0.4, 0.5) is 0 Å². The summed E-state index contributed by atoms with van der Waals surface area (Å²) in [5.41, 5.74) is 26.5. The van der Waals surface area contributed by atoms with E-state index in [0.717, 1.165) is 0 Å². The van der Waals surface area contributed by atoms with Crippen LogP contribution in [-0.2, 0) is 98.7 Å². The zero-order valence-electron chi connectivity index (χ0n) is 67.8. The van der Waals surface area contributed by atoms with Gasteiger partial charge in [0, 0.05) is 28.0 Å². The molecule has 0 bridgehead atoms. The van der Waals surface area contributed by atoms with Crippen molar-refractivity contribution < 1.29 is 211 Å². The van der Waals surface area contributed by atoms with Gasteiger partial charge in [-0.15, -0.1) is 0 Å². The fraction of sp³-hybridized carbons (Fsp3) is 0.703. The van der Waals surface area contributed by atoms with E-state index >= 15 is 0 Å². The summed E-state index contributed by atoms with van der Waals surface area (Å²) >= 11 is 6.28. The molecule has 5 aliphatic carbocycles. The molecule has 7 fully saturated rings. The second-order valence-corrected chi connectivity index (χ2v) is 33.4. The largest absolute Gasteiger partial charge is 0.508 e. The highest BCUT2D eigenvalue weighted by molar-refractivity contribution is 7.80. The zero-order chi connectivity index (χ0) is 98.5. The van der Waals surface area contributed by atoms with Gasteiger partial charge in [0.25, 0.3) is 5.91 Å². The van der Waals surface area contributed by atoms with Crippen LogP contribution in [0.2, 0.25) is 5.02 Å². The minimum Gasteiger partial charge on any atom is -0.508 e. The average molecular weight is 1940 g/mol. The molecule has 4 aliphatic heterocycles. The van der Waals surface area contributed by atoms with E-state index in [4.69, 9.17) is 153 Å². The Kier molecular flexibility index (Phi) is 37.4. The Balaban J connectivity index is 0.000000315. The summed E-state index contributed by atoms with van der Waals surface area (Å²) in [7, 11) is -8.19. The van der Waals surface area contributed by atoms with Gasteiger partial charge in [-0.1, -0.05) is 11.6 Å². The monoisotopic (exact) mass is 1930 g/mol. The molecule has 45 N–H and O–H groups in total. The van der Waals surface area contributed by atoms with Gasteiger partial charge in [0.1, 0.15) is 133 Å². The molecule has 4 saturated heterocycles. The van der Waals surface area contributed by atoms with Crippen molar-refractivity contribution in [2.45, 2.75) is 227 Å². The summed E-state index contributed by atoms with van der Waals surface area (Å²) in [6.07, 6.45) is -34.9. The summed E-state index contributed by atoms with van der Waals surface area (Å²) in [6.45, 7) is 2.57. The number of halogens is 1. The fourth-order valence-electron chi connectivity index (χ4n) is 15.8. The highest BCUT2D eigenvalue weighted by Gasteiger charge is 2.68. The van der Waals surface area contributed by atoms with E-state index in [0.29, 0.717) is 0 Å². The number of nitrogens with two attached hydrogens (primary N) is 7. The topological polar surface area (TPSA) is 1070 Å². The predicted molar refractivity (Wildman–Crippen MR) is 422 cm³/mol. The molecule has 3 saturated carbocycles. The normalized spacial score (nSPS) is 39.7. The van der Waals surface area contributed by atoms with Crippen LogP contribution >= 0.6 is 11.6 Å². The van der Waals surface area contributed by atoms with Gasteiger partial charge in [-0.25, -0.2) is 9.98 Å². The first-order chi connectivity index (χ1) is 58.6. The number of phenolic OH excluding ortho intramolecular Hbond substituents is 1. The van der Waals surface area contributed by atoms with Crippen molar-refractivity contribution in [3.8, 4) is 5.75 Å². The van der Waals surface area contributed by atoms with Crippen LogP contribution < -0.4 is 61.4 Å².